The van der Waals surface area contributed by atoms with Gasteiger partial charge in [-0.3, -0.25) is 0 Å². The molecule has 2 aromatic carbocycles. The summed E-state index contributed by atoms with van der Waals surface area (Å²) in [5, 5.41) is 8.83. The predicted molar refractivity (Wildman–Crippen MR) is 76.3 cm³/mol. The average Bonchev–Trinajstić information content (AvgIpc) is 2.45. The first-order valence-corrected chi connectivity index (χ1v) is 6.35. The van der Waals surface area contributed by atoms with Crippen molar-refractivity contribution in [3.8, 4) is 23.3 Å². The third-order valence-electron chi connectivity index (χ3n) is 2.57. The summed E-state index contributed by atoms with van der Waals surface area (Å²) in [4.78, 5) is 0. The molecule has 4 nitrogen and oxygen atoms in total. The molecule has 0 aliphatic heterocycles. The van der Waals surface area contributed by atoms with Crippen molar-refractivity contribution in [2.75, 3.05) is 12.8 Å². The maximum absolute atomic E-state index is 13.5. The Bertz CT molecular complexity index is 698. The molecule has 0 heterocycles. The predicted octanol–water partition coefficient (Wildman–Crippen LogP) is 3.84. The molecule has 0 spiro atoms. The molecule has 20 heavy (non-hydrogen) atoms. The first kappa shape index (κ1) is 14.2. The molecule has 0 atom stereocenters. The zero-order valence-corrected chi connectivity index (χ0v) is 12.1. The van der Waals surface area contributed by atoms with Gasteiger partial charge < -0.3 is 15.2 Å². The van der Waals surface area contributed by atoms with Gasteiger partial charge in [0.1, 0.15) is 5.82 Å². The molecular weight excluding hydrogens is 327 g/mol. The number of anilines is 1. The monoisotopic (exact) mass is 336 g/mol. The summed E-state index contributed by atoms with van der Waals surface area (Å²) in [6.45, 7) is 0. The molecule has 0 aliphatic carbocycles. The summed E-state index contributed by atoms with van der Waals surface area (Å²) in [5.74, 6) is 0.405. The molecule has 0 aromatic heterocycles. The fourth-order valence-electron chi connectivity index (χ4n) is 1.57. The van der Waals surface area contributed by atoms with Crippen LogP contribution >= 0.6 is 15.9 Å². The lowest BCUT2D eigenvalue weighted by Gasteiger charge is -2.12. The number of hydrogen-bond acceptors (Lipinski definition) is 4. The third-order valence-corrected chi connectivity index (χ3v) is 3.17. The highest BCUT2D eigenvalue weighted by Crippen LogP contribution is 2.36. The van der Waals surface area contributed by atoms with Crippen molar-refractivity contribution in [1.82, 2.24) is 0 Å². The first-order chi connectivity index (χ1) is 9.55. The van der Waals surface area contributed by atoms with E-state index < -0.39 is 5.82 Å². The third kappa shape index (κ3) is 2.83. The normalized spacial score (nSPS) is 9.90. The molecular formula is C14H10BrFN2O2. The van der Waals surface area contributed by atoms with Crippen molar-refractivity contribution < 1.29 is 13.9 Å². The average molecular weight is 337 g/mol. The van der Waals surface area contributed by atoms with Gasteiger partial charge in [-0.25, -0.2) is 4.39 Å². The fourth-order valence-corrected chi connectivity index (χ4v) is 1.93. The van der Waals surface area contributed by atoms with Crippen LogP contribution in [-0.4, -0.2) is 7.11 Å². The van der Waals surface area contributed by atoms with Gasteiger partial charge in [-0.05, 0) is 34.1 Å². The summed E-state index contributed by atoms with van der Waals surface area (Å²) in [5.41, 5.74) is 6.49. The number of nitrogens with two attached hydrogens (primary N) is 1. The zero-order valence-electron chi connectivity index (χ0n) is 10.5. The van der Waals surface area contributed by atoms with Crippen molar-refractivity contribution in [3.05, 3.63) is 46.2 Å². The van der Waals surface area contributed by atoms with Gasteiger partial charge in [0.05, 0.1) is 28.9 Å². The molecule has 0 saturated heterocycles. The van der Waals surface area contributed by atoms with Crippen molar-refractivity contribution >= 4 is 21.6 Å². The standard InChI is InChI=1S/C14H10BrFN2O2/c1-19-14-4-8(7-17)2-3-12(14)20-13-6-10(16)9(15)5-11(13)18/h2-6H,18H2,1H3. The number of halogens is 2. The smallest absolute Gasteiger partial charge is 0.169 e. The molecule has 0 radical (unpaired) electrons. The van der Waals surface area contributed by atoms with Crippen LogP contribution in [-0.2, 0) is 0 Å². The highest BCUT2D eigenvalue weighted by atomic mass is 79.9. The molecule has 0 unspecified atom stereocenters. The Balaban J connectivity index is 2.40. The van der Waals surface area contributed by atoms with Crippen molar-refractivity contribution in [2.45, 2.75) is 0 Å². The van der Waals surface area contributed by atoms with Crippen LogP contribution in [0.3, 0.4) is 0 Å². The molecule has 0 saturated carbocycles. The van der Waals surface area contributed by atoms with Crippen molar-refractivity contribution in [2.24, 2.45) is 0 Å². The minimum atomic E-state index is -0.484. The molecule has 2 N–H and O–H groups in total. The van der Waals surface area contributed by atoms with Crippen molar-refractivity contribution in [1.29, 1.82) is 5.26 Å². The Morgan fingerprint density at radius 2 is 1.95 bits per heavy atom. The number of nitrogen functional groups attached to an aromatic ring is 1. The molecule has 6 heteroatoms. The molecule has 2 rings (SSSR count). The number of hydrogen-bond donors (Lipinski definition) is 1. The summed E-state index contributed by atoms with van der Waals surface area (Å²) >= 11 is 3.04. The van der Waals surface area contributed by atoms with E-state index in [2.05, 4.69) is 15.9 Å². The van der Waals surface area contributed by atoms with Gasteiger partial charge in [-0.1, -0.05) is 0 Å². The highest BCUT2D eigenvalue weighted by Gasteiger charge is 2.11. The van der Waals surface area contributed by atoms with E-state index in [-0.39, 0.29) is 15.9 Å². The van der Waals surface area contributed by atoms with Crippen LogP contribution in [0.1, 0.15) is 5.56 Å². The topological polar surface area (TPSA) is 68.3 Å². The molecule has 0 aliphatic rings. The second kappa shape index (κ2) is 5.80. The van der Waals surface area contributed by atoms with Gasteiger partial charge in [0.15, 0.2) is 17.2 Å². The van der Waals surface area contributed by atoms with E-state index in [9.17, 15) is 4.39 Å². The summed E-state index contributed by atoms with van der Waals surface area (Å²) in [7, 11) is 1.45. The summed E-state index contributed by atoms with van der Waals surface area (Å²) in [6, 6.07) is 9.26. The van der Waals surface area contributed by atoms with Crippen LogP contribution in [0.4, 0.5) is 10.1 Å². The Hall–Kier alpha value is -2.26. The van der Waals surface area contributed by atoms with Crippen LogP contribution in [0.5, 0.6) is 17.2 Å². The van der Waals surface area contributed by atoms with Crippen LogP contribution < -0.4 is 15.2 Å². The maximum Gasteiger partial charge on any atom is 0.169 e. The number of rotatable bonds is 3. The maximum atomic E-state index is 13.5. The molecule has 2 aromatic rings. The fraction of sp³-hybridized carbons (Fsp3) is 0.0714. The second-order valence-corrected chi connectivity index (χ2v) is 4.74. The van der Waals surface area contributed by atoms with Crippen LogP contribution in [0.25, 0.3) is 0 Å². The quantitative estimate of drug-likeness (QED) is 0.864. The lowest BCUT2D eigenvalue weighted by atomic mass is 10.2. The number of ether oxygens (including phenoxy) is 2. The molecule has 102 valence electrons. The first-order valence-electron chi connectivity index (χ1n) is 5.55. The van der Waals surface area contributed by atoms with Crippen molar-refractivity contribution in [3.63, 3.8) is 0 Å². The summed E-state index contributed by atoms with van der Waals surface area (Å²) in [6.07, 6.45) is 0. The van der Waals surface area contributed by atoms with Gasteiger partial charge in [-0.2, -0.15) is 5.26 Å². The Labute approximate surface area is 123 Å². The largest absolute Gasteiger partial charge is 0.493 e. The second-order valence-electron chi connectivity index (χ2n) is 3.88. The number of nitriles is 1. The van der Waals surface area contributed by atoms with E-state index in [1.54, 1.807) is 12.1 Å². The van der Waals surface area contributed by atoms with Gasteiger partial charge in [0, 0.05) is 12.1 Å². The summed E-state index contributed by atoms with van der Waals surface area (Å²) < 4.78 is 24.4. The van der Waals surface area contributed by atoms with E-state index in [0.717, 1.165) is 0 Å². The Kier molecular flexibility index (Phi) is 4.11. The minimum Gasteiger partial charge on any atom is -0.493 e. The van der Waals surface area contributed by atoms with Gasteiger partial charge in [0.25, 0.3) is 0 Å². The molecule has 0 amide bonds. The molecule has 0 bridgehead atoms. The minimum absolute atomic E-state index is 0.175. The zero-order chi connectivity index (χ0) is 14.7. The van der Waals surface area contributed by atoms with Crippen LogP contribution in [0.15, 0.2) is 34.8 Å². The van der Waals surface area contributed by atoms with E-state index in [1.807, 2.05) is 6.07 Å². The number of benzene rings is 2. The van der Waals surface area contributed by atoms with E-state index in [4.69, 9.17) is 20.5 Å². The lowest BCUT2D eigenvalue weighted by Crippen LogP contribution is -1.96. The van der Waals surface area contributed by atoms with Gasteiger partial charge >= 0.3 is 0 Å². The Morgan fingerprint density at radius 1 is 1.20 bits per heavy atom. The van der Waals surface area contributed by atoms with Gasteiger partial charge in [-0.15, -0.1) is 0 Å². The van der Waals surface area contributed by atoms with Gasteiger partial charge in [0.2, 0.25) is 0 Å². The lowest BCUT2D eigenvalue weighted by molar-refractivity contribution is 0.378. The SMILES string of the molecule is COc1cc(C#N)ccc1Oc1cc(F)c(Br)cc1N. The van der Waals surface area contributed by atoms with E-state index in [1.165, 1.54) is 25.3 Å². The highest BCUT2D eigenvalue weighted by molar-refractivity contribution is 9.10. The number of methoxy groups -OCH3 is 1. The van der Waals surface area contributed by atoms with Crippen LogP contribution in [0, 0.1) is 17.1 Å². The van der Waals surface area contributed by atoms with E-state index >= 15 is 0 Å². The van der Waals surface area contributed by atoms with E-state index in [0.29, 0.717) is 17.1 Å². The number of nitrogens with zero attached hydrogens (tertiary/aromatic N) is 1. The van der Waals surface area contributed by atoms with Crippen LogP contribution in [0.2, 0.25) is 0 Å². The molecule has 0 fully saturated rings. The Morgan fingerprint density at radius 3 is 2.60 bits per heavy atom.